The van der Waals surface area contributed by atoms with Crippen molar-refractivity contribution in [2.75, 3.05) is 0 Å². The molecule has 0 aromatic heterocycles. The Morgan fingerprint density at radius 2 is 1.79 bits per heavy atom. The summed E-state index contributed by atoms with van der Waals surface area (Å²) in [4.78, 5) is 11.1. The molecule has 0 saturated carbocycles. The number of nitrogens with zero attached hydrogens (tertiary/aromatic N) is 2. The van der Waals surface area contributed by atoms with Gasteiger partial charge in [-0.15, -0.1) is 10.5 Å². The summed E-state index contributed by atoms with van der Waals surface area (Å²) in [5.74, 6) is -0.659. The fraction of sp³-hybridized carbons (Fsp3) is 0. The summed E-state index contributed by atoms with van der Waals surface area (Å²) < 4.78 is 9.43. The van der Waals surface area contributed by atoms with Gasteiger partial charge in [0.2, 0.25) is 0 Å². The van der Waals surface area contributed by atoms with E-state index >= 15 is 0 Å². The van der Waals surface area contributed by atoms with Crippen LogP contribution in [0.3, 0.4) is 0 Å². The molecule has 19 heavy (non-hydrogen) atoms. The molecule has 6 heteroatoms. The van der Waals surface area contributed by atoms with Crippen LogP contribution in [0.5, 0.6) is 11.5 Å². The van der Waals surface area contributed by atoms with Crippen LogP contribution < -0.4 is 9.47 Å². The number of nitriles is 2. The smallest absolute Gasteiger partial charge is 0.336 e. The zero-order chi connectivity index (χ0) is 13.8. The van der Waals surface area contributed by atoms with Gasteiger partial charge in [-0.3, -0.25) is 0 Å². The number of carboxylic acids is 1. The summed E-state index contributed by atoms with van der Waals surface area (Å²) in [6.45, 7) is 0. The number of rotatable bonds is 3. The van der Waals surface area contributed by atoms with Crippen LogP contribution in [-0.4, -0.2) is 11.1 Å². The molecule has 0 atom stereocenters. The zero-order valence-corrected chi connectivity index (χ0v) is 9.45. The number of hydrogen-bond donors (Lipinski definition) is 1. The first-order valence-electron chi connectivity index (χ1n) is 5.09. The standard InChI is InChI=1S/C13H6N2O4/c14-6-18-8-1-2-9-10(13(16)17)3-4-12(19-7-15)11(9)5-8/h1-5H,(H,16,17). The highest BCUT2D eigenvalue weighted by Crippen LogP contribution is 2.31. The van der Waals surface area contributed by atoms with Crippen molar-refractivity contribution in [1.29, 1.82) is 10.5 Å². The van der Waals surface area contributed by atoms with E-state index in [9.17, 15) is 4.79 Å². The second-order valence-electron chi connectivity index (χ2n) is 3.51. The lowest BCUT2D eigenvalue weighted by Crippen LogP contribution is -1.98. The van der Waals surface area contributed by atoms with Crippen molar-refractivity contribution < 1.29 is 19.4 Å². The van der Waals surface area contributed by atoms with Crippen LogP contribution in [0.25, 0.3) is 10.8 Å². The first kappa shape index (κ1) is 12.2. The molecule has 2 aromatic carbocycles. The molecule has 0 unspecified atom stereocenters. The minimum Gasteiger partial charge on any atom is -0.478 e. The monoisotopic (exact) mass is 254 g/mol. The Labute approximate surface area is 107 Å². The molecule has 0 spiro atoms. The number of benzene rings is 2. The van der Waals surface area contributed by atoms with Gasteiger partial charge in [0.15, 0.2) is 0 Å². The van der Waals surface area contributed by atoms with Crippen LogP contribution in [0, 0.1) is 23.0 Å². The Hall–Kier alpha value is -3.25. The van der Waals surface area contributed by atoms with Crippen molar-refractivity contribution in [3.8, 4) is 24.0 Å². The quantitative estimate of drug-likeness (QED) is 0.842. The summed E-state index contributed by atoms with van der Waals surface area (Å²) in [6.07, 6.45) is 3.04. The summed E-state index contributed by atoms with van der Waals surface area (Å²) in [5.41, 5.74) is 0.0730. The van der Waals surface area contributed by atoms with Gasteiger partial charge >= 0.3 is 5.97 Å². The summed E-state index contributed by atoms with van der Waals surface area (Å²) >= 11 is 0. The minimum absolute atomic E-state index is 0.0730. The summed E-state index contributed by atoms with van der Waals surface area (Å²) in [6, 6.07) is 7.13. The maximum atomic E-state index is 11.1. The molecule has 1 N–H and O–H groups in total. The molecular formula is C13H6N2O4. The Bertz CT molecular complexity index is 741. The Morgan fingerprint density at radius 1 is 1.05 bits per heavy atom. The molecule has 0 fully saturated rings. The van der Waals surface area contributed by atoms with E-state index in [-0.39, 0.29) is 17.1 Å². The van der Waals surface area contributed by atoms with Gasteiger partial charge < -0.3 is 14.6 Å². The highest BCUT2D eigenvalue weighted by atomic mass is 16.5. The molecule has 6 nitrogen and oxygen atoms in total. The van der Waals surface area contributed by atoms with E-state index in [1.54, 1.807) is 0 Å². The number of fused-ring (bicyclic) bond motifs is 1. The predicted octanol–water partition coefficient (Wildman–Crippen LogP) is 2.26. The molecule has 0 saturated heterocycles. The van der Waals surface area contributed by atoms with Crippen LogP contribution in [0.2, 0.25) is 0 Å². The van der Waals surface area contributed by atoms with Gasteiger partial charge in [0, 0.05) is 10.8 Å². The van der Waals surface area contributed by atoms with Crippen molar-refractivity contribution >= 4 is 16.7 Å². The third-order valence-electron chi connectivity index (χ3n) is 2.50. The van der Waals surface area contributed by atoms with E-state index in [0.717, 1.165) is 0 Å². The fourth-order valence-corrected chi connectivity index (χ4v) is 1.74. The average molecular weight is 254 g/mol. The maximum Gasteiger partial charge on any atom is 0.336 e. The zero-order valence-electron chi connectivity index (χ0n) is 9.45. The third-order valence-corrected chi connectivity index (χ3v) is 2.50. The van der Waals surface area contributed by atoms with Crippen LogP contribution in [0.4, 0.5) is 0 Å². The molecule has 92 valence electrons. The summed E-state index contributed by atoms with van der Waals surface area (Å²) in [5, 5.41) is 26.9. The predicted molar refractivity (Wildman–Crippen MR) is 63.4 cm³/mol. The maximum absolute atomic E-state index is 11.1. The normalized spacial score (nSPS) is 9.37. The number of carboxylic acid groups (broad SMARTS) is 1. The van der Waals surface area contributed by atoms with Gasteiger partial charge in [0.25, 0.3) is 12.5 Å². The highest BCUT2D eigenvalue weighted by Gasteiger charge is 2.13. The molecule has 2 rings (SSSR count). The molecule has 0 aliphatic rings. The number of carbonyl (C=O) groups is 1. The van der Waals surface area contributed by atoms with Crippen LogP contribution in [0.1, 0.15) is 10.4 Å². The number of hydrogen-bond acceptors (Lipinski definition) is 5. The minimum atomic E-state index is -1.09. The first-order chi connectivity index (χ1) is 9.17. The second kappa shape index (κ2) is 4.94. The summed E-state index contributed by atoms with van der Waals surface area (Å²) in [7, 11) is 0. The molecule has 0 aliphatic heterocycles. The van der Waals surface area contributed by atoms with E-state index in [1.807, 2.05) is 0 Å². The topological polar surface area (TPSA) is 103 Å². The van der Waals surface area contributed by atoms with Gasteiger partial charge in [0.05, 0.1) is 5.56 Å². The van der Waals surface area contributed by atoms with Crippen molar-refractivity contribution in [2.45, 2.75) is 0 Å². The lowest BCUT2D eigenvalue weighted by atomic mass is 10.0. The third kappa shape index (κ3) is 2.24. The van der Waals surface area contributed by atoms with Crippen molar-refractivity contribution in [1.82, 2.24) is 0 Å². The van der Waals surface area contributed by atoms with Crippen LogP contribution in [0.15, 0.2) is 30.3 Å². The van der Waals surface area contributed by atoms with Gasteiger partial charge in [-0.2, -0.15) is 0 Å². The molecule has 0 bridgehead atoms. The lowest BCUT2D eigenvalue weighted by Gasteiger charge is -2.07. The van der Waals surface area contributed by atoms with Crippen LogP contribution in [-0.2, 0) is 0 Å². The van der Waals surface area contributed by atoms with E-state index in [4.69, 9.17) is 20.4 Å². The molecule has 0 radical (unpaired) electrons. The van der Waals surface area contributed by atoms with E-state index in [1.165, 1.54) is 42.8 Å². The van der Waals surface area contributed by atoms with Crippen molar-refractivity contribution in [3.63, 3.8) is 0 Å². The van der Waals surface area contributed by atoms with E-state index in [0.29, 0.717) is 10.8 Å². The van der Waals surface area contributed by atoms with Gasteiger partial charge in [-0.1, -0.05) is 0 Å². The molecule has 2 aromatic rings. The molecular weight excluding hydrogens is 248 g/mol. The van der Waals surface area contributed by atoms with Crippen molar-refractivity contribution in [3.05, 3.63) is 35.9 Å². The average Bonchev–Trinajstić information content (AvgIpc) is 2.39. The Balaban J connectivity index is 2.74. The first-order valence-corrected chi connectivity index (χ1v) is 5.09. The van der Waals surface area contributed by atoms with E-state index < -0.39 is 5.97 Å². The SMILES string of the molecule is N#COc1ccc2c(C(=O)O)ccc(OC#N)c2c1. The molecule has 0 amide bonds. The van der Waals surface area contributed by atoms with Gasteiger partial charge in [-0.25, -0.2) is 4.79 Å². The lowest BCUT2D eigenvalue weighted by molar-refractivity contribution is 0.0699. The fourth-order valence-electron chi connectivity index (χ4n) is 1.74. The molecule has 0 heterocycles. The Kier molecular flexibility index (Phi) is 3.18. The van der Waals surface area contributed by atoms with E-state index in [2.05, 4.69) is 4.74 Å². The highest BCUT2D eigenvalue weighted by molar-refractivity contribution is 6.06. The van der Waals surface area contributed by atoms with Gasteiger partial charge in [-0.05, 0) is 30.3 Å². The number of ether oxygens (including phenoxy) is 2. The second-order valence-corrected chi connectivity index (χ2v) is 3.51. The largest absolute Gasteiger partial charge is 0.478 e. The number of aromatic carboxylic acids is 1. The Morgan fingerprint density at radius 3 is 2.42 bits per heavy atom. The van der Waals surface area contributed by atoms with Crippen LogP contribution >= 0.6 is 0 Å². The molecule has 0 aliphatic carbocycles. The van der Waals surface area contributed by atoms with Crippen molar-refractivity contribution in [2.24, 2.45) is 0 Å². The van der Waals surface area contributed by atoms with Gasteiger partial charge in [0.1, 0.15) is 11.5 Å².